The highest BCUT2D eigenvalue weighted by Crippen LogP contribution is 2.24. The highest BCUT2D eigenvalue weighted by atomic mass is 35.5. The minimum Gasteiger partial charge on any atom is -0.379 e. The predicted molar refractivity (Wildman–Crippen MR) is 100 cm³/mol. The number of nitrogens with zero attached hydrogens (tertiary/aromatic N) is 4. The monoisotopic (exact) mass is 370 g/mol. The van der Waals surface area contributed by atoms with Crippen molar-refractivity contribution in [2.24, 2.45) is 0 Å². The number of halogens is 1. The SMILES string of the molecule is O=c1c2c(Cl)cccc2ncn1C[C@@H](c1cccnc1)N1CCOCC1. The van der Waals surface area contributed by atoms with Gasteiger partial charge >= 0.3 is 0 Å². The smallest absolute Gasteiger partial charge is 0.262 e. The van der Waals surface area contributed by atoms with Crippen LogP contribution in [0.15, 0.2) is 53.8 Å². The lowest BCUT2D eigenvalue weighted by Crippen LogP contribution is -2.41. The van der Waals surface area contributed by atoms with E-state index in [0.29, 0.717) is 35.7 Å². The molecule has 0 aliphatic carbocycles. The van der Waals surface area contributed by atoms with E-state index in [1.54, 1.807) is 35.3 Å². The highest BCUT2D eigenvalue weighted by molar-refractivity contribution is 6.35. The van der Waals surface area contributed by atoms with Gasteiger partial charge in [-0.2, -0.15) is 0 Å². The number of hydrogen-bond acceptors (Lipinski definition) is 5. The number of aromatic nitrogens is 3. The molecule has 1 aliphatic heterocycles. The summed E-state index contributed by atoms with van der Waals surface area (Å²) in [6.45, 7) is 3.49. The lowest BCUT2D eigenvalue weighted by atomic mass is 10.1. The van der Waals surface area contributed by atoms with E-state index in [1.165, 1.54) is 0 Å². The molecule has 0 spiro atoms. The van der Waals surface area contributed by atoms with Gasteiger partial charge in [-0.15, -0.1) is 0 Å². The highest BCUT2D eigenvalue weighted by Gasteiger charge is 2.24. The lowest BCUT2D eigenvalue weighted by Gasteiger charge is -2.34. The molecule has 1 saturated heterocycles. The van der Waals surface area contributed by atoms with Crippen LogP contribution in [0.4, 0.5) is 0 Å². The summed E-state index contributed by atoms with van der Waals surface area (Å²) < 4.78 is 7.12. The van der Waals surface area contributed by atoms with Crippen LogP contribution in [0.3, 0.4) is 0 Å². The molecule has 2 aromatic heterocycles. The quantitative estimate of drug-likeness (QED) is 0.706. The molecule has 3 aromatic rings. The van der Waals surface area contributed by atoms with E-state index >= 15 is 0 Å². The van der Waals surface area contributed by atoms with Crippen LogP contribution in [0.25, 0.3) is 10.9 Å². The Morgan fingerprint density at radius 1 is 1.19 bits per heavy atom. The van der Waals surface area contributed by atoms with Gasteiger partial charge in [-0.1, -0.05) is 23.7 Å². The van der Waals surface area contributed by atoms with Gasteiger partial charge in [0.1, 0.15) is 0 Å². The van der Waals surface area contributed by atoms with Crippen molar-refractivity contribution >= 4 is 22.5 Å². The molecule has 1 aliphatic rings. The van der Waals surface area contributed by atoms with Crippen LogP contribution in [0.1, 0.15) is 11.6 Å². The molecular formula is C19H19ClN4O2. The van der Waals surface area contributed by atoms with Crippen LogP contribution >= 0.6 is 11.6 Å². The van der Waals surface area contributed by atoms with E-state index < -0.39 is 0 Å². The summed E-state index contributed by atoms with van der Waals surface area (Å²) >= 11 is 6.25. The van der Waals surface area contributed by atoms with Gasteiger partial charge in [-0.25, -0.2) is 4.98 Å². The molecule has 0 saturated carbocycles. The minimum absolute atomic E-state index is 0.0204. The van der Waals surface area contributed by atoms with Gasteiger partial charge in [-0.3, -0.25) is 19.2 Å². The zero-order valence-corrected chi connectivity index (χ0v) is 15.0. The molecule has 0 N–H and O–H groups in total. The Hall–Kier alpha value is -2.28. The average molecular weight is 371 g/mol. The third-order valence-electron chi connectivity index (χ3n) is 4.73. The molecule has 1 aromatic carbocycles. The fourth-order valence-electron chi connectivity index (χ4n) is 3.37. The molecule has 4 rings (SSSR count). The van der Waals surface area contributed by atoms with E-state index in [0.717, 1.165) is 18.7 Å². The molecular weight excluding hydrogens is 352 g/mol. The molecule has 6 nitrogen and oxygen atoms in total. The van der Waals surface area contributed by atoms with Gasteiger partial charge in [0.25, 0.3) is 5.56 Å². The second-order valence-electron chi connectivity index (χ2n) is 6.29. The van der Waals surface area contributed by atoms with Gasteiger partial charge in [0, 0.05) is 32.0 Å². The lowest BCUT2D eigenvalue weighted by molar-refractivity contribution is 0.0120. The van der Waals surface area contributed by atoms with Crippen molar-refractivity contribution in [3.63, 3.8) is 0 Å². The third-order valence-corrected chi connectivity index (χ3v) is 5.04. The molecule has 7 heteroatoms. The Labute approximate surface area is 156 Å². The predicted octanol–water partition coefficient (Wildman–Crippen LogP) is 2.52. The summed E-state index contributed by atoms with van der Waals surface area (Å²) in [5.41, 5.74) is 1.56. The normalized spacial score (nSPS) is 16.7. The van der Waals surface area contributed by atoms with Crippen LogP contribution in [-0.2, 0) is 11.3 Å². The van der Waals surface area contributed by atoms with Crippen LogP contribution in [0, 0.1) is 0 Å². The standard InChI is InChI=1S/C19H19ClN4O2/c20-15-4-1-5-16-18(15)19(25)24(13-22-16)12-17(14-3-2-6-21-11-14)23-7-9-26-10-8-23/h1-6,11,13,17H,7-10,12H2/t17-/m0/s1. The zero-order chi connectivity index (χ0) is 17.9. The van der Waals surface area contributed by atoms with Gasteiger partial charge in [0.05, 0.1) is 41.5 Å². The molecule has 0 unspecified atom stereocenters. The molecule has 1 fully saturated rings. The number of pyridine rings is 1. The summed E-state index contributed by atoms with van der Waals surface area (Å²) in [5.74, 6) is 0. The van der Waals surface area contributed by atoms with Crippen molar-refractivity contribution in [3.8, 4) is 0 Å². The van der Waals surface area contributed by atoms with Crippen molar-refractivity contribution in [3.05, 3.63) is 70.0 Å². The van der Waals surface area contributed by atoms with Crippen molar-refractivity contribution < 1.29 is 4.74 Å². The first-order valence-electron chi connectivity index (χ1n) is 8.59. The Morgan fingerprint density at radius 2 is 2.04 bits per heavy atom. The van der Waals surface area contributed by atoms with Crippen molar-refractivity contribution in [1.82, 2.24) is 19.4 Å². The van der Waals surface area contributed by atoms with Crippen LogP contribution in [0.2, 0.25) is 5.02 Å². The van der Waals surface area contributed by atoms with E-state index in [1.807, 2.05) is 18.3 Å². The fourth-order valence-corrected chi connectivity index (χ4v) is 3.62. The molecule has 3 heterocycles. The van der Waals surface area contributed by atoms with Crippen molar-refractivity contribution in [1.29, 1.82) is 0 Å². The number of ether oxygens (including phenoxy) is 1. The summed E-state index contributed by atoms with van der Waals surface area (Å²) in [6, 6.07) is 9.30. The van der Waals surface area contributed by atoms with Gasteiger partial charge in [-0.05, 0) is 23.8 Å². The summed E-state index contributed by atoms with van der Waals surface area (Å²) in [6.07, 6.45) is 5.21. The topological polar surface area (TPSA) is 60.2 Å². The average Bonchev–Trinajstić information content (AvgIpc) is 2.69. The summed E-state index contributed by atoms with van der Waals surface area (Å²) in [5, 5.41) is 0.891. The zero-order valence-electron chi connectivity index (χ0n) is 14.2. The summed E-state index contributed by atoms with van der Waals surface area (Å²) in [4.78, 5) is 24.0. The Balaban J connectivity index is 1.74. The van der Waals surface area contributed by atoms with Gasteiger partial charge in [0.2, 0.25) is 0 Å². The number of hydrogen-bond donors (Lipinski definition) is 0. The first-order valence-corrected chi connectivity index (χ1v) is 8.97. The number of benzene rings is 1. The maximum Gasteiger partial charge on any atom is 0.262 e. The molecule has 0 amide bonds. The third kappa shape index (κ3) is 3.35. The molecule has 1 atom stereocenters. The van der Waals surface area contributed by atoms with Crippen LogP contribution in [-0.4, -0.2) is 45.7 Å². The van der Waals surface area contributed by atoms with Crippen molar-refractivity contribution in [2.45, 2.75) is 12.6 Å². The maximum absolute atomic E-state index is 13.0. The Kier molecular flexibility index (Phi) is 4.97. The van der Waals surface area contributed by atoms with Crippen molar-refractivity contribution in [2.75, 3.05) is 26.3 Å². The van der Waals surface area contributed by atoms with E-state index in [9.17, 15) is 4.79 Å². The largest absolute Gasteiger partial charge is 0.379 e. The summed E-state index contributed by atoms with van der Waals surface area (Å²) in [7, 11) is 0. The van der Waals surface area contributed by atoms with Gasteiger partial charge < -0.3 is 4.74 Å². The maximum atomic E-state index is 13.0. The van der Waals surface area contributed by atoms with Gasteiger partial charge in [0.15, 0.2) is 0 Å². The number of fused-ring (bicyclic) bond motifs is 1. The van der Waals surface area contributed by atoms with E-state index in [4.69, 9.17) is 16.3 Å². The molecule has 0 radical (unpaired) electrons. The molecule has 0 bridgehead atoms. The van der Waals surface area contributed by atoms with E-state index in [-0.39, 0.29) is 11.6 Å². The van der Waals surface area contributed by atoms with E-state index in [2.05, 4.69) is 14.9 Å². The number of rotatable bonds is 4. The first kappa shape index (κ1) is 17.1. The minimum atomic E-state index is -0.122. The Bertz CT molecular complexity index is 955. The fraction of sp³-hybridized carbons (Fsp3) is 0.316. The molecule has 26 heavy (non-hydrogen) atoms. The Morgan fingerprint density at radius 3 is 2.81 bits per heavy atom. The molecule has 134 valence electrons. The van der Waals surface area contributed by atoms with Crippen LogP contribution in [0.5, 0.6) is 0 Å². The number of morpholine rings is 1. The van der Waals surface area contributed by atoms with Crippen LogP contribution < -0.4 is 5.56 Å². The first-order chi connectivity index (χ1) is 12.7. The second kappa shape index (κ2) is 7.53. The second-order valence-corrected chi connectivity index (χ2v) is 6.69.